The summed E-state index contributed by atoms with van der Waals surface area (Å²) in [6.45, 7) is -1.71. The van der Waals surface area contributed by atoms with Crippen LogP contribution in [0, 0.1) is 11.7 Å². The Morgan fingerprint density at radius 1 is 1.24 bits per heavy atom. The molecule has 0 unspecified atom stereocenters. The summed E-state index contributed by atoms with van der Waals surface area (Å²) in [6.07, 6.45) is 2.33. The van der Waals surface area contributed by atoms with Crippen molar-refractivity contribution in [2.45, 2.75) is 37.3 Å². The predicted molar refractivity (Wildman–Crippen MR) is 158 cm³/mol. The van der Waals surface area contributed by atoms with Crippen molar-refractivity contribution in [2.24, 2.45) is 11.7 Å². The smallest absolute Gasteiger partial charge is 0.333 e. The number of benzene rings is 2. The highest BCUT2D eigenvalue weighted by molar-refractivity contribution is 6.35. The Hall–Kier alpha value is -4.07. The van der Waals surface area contributed by atoms with E-state index in [-0.39, 0.29) is 74.0 Å². The third-order valence-corrected chi connectivity index (χ3v) is 8.91. The van der Waals surface area contributed by atoms with Crippen LogP contribution in [-0.4, -0.2) is 51.9 Å². The zero-order valence-electron chi connectivity index (χ0n) is 23.8. The van der Waals surface area contributed by atoms with Crippen molar-refractivity contribution < 1.29 is 37.3 Å². The van der Waals surface area contributed by atoms with Crippen molar-refractivity contribution in [1.29, 1.82) is 0 Å². The molecule has 1 fully saturated rings. The van der Waals surface area contributed by atoms with Crippen LogP contribution in [0.15, 0.2) is 36.5 Å². The maximum absolute atomic E-state index is 14.3. The number of fused-ring (bicyclic) bond motifs is 2. The summed E-state index contributed by atoms with van der Waals surface area (Å²) in [7, 11) is 1.33. The zero-order chi connectivity index (χ0) is 32.4. The largest absolute Gasteiger partial charge is 0.494 e. The van der Waals surface area contributed by atoms with Gasteiger partial charge >= 0.3 is 6.55 Å². The number of hydrogen-bond acceptors (Lipinski definition) is 7. The summed E-state index contributed by atoms with van der Waals surface area (Å²) in [5.74, 6) is -2.14. The van der Waals surface area contributed by atoms with Gasteiger partial charge in [0, 0.05) is 28.3 Å². The summed E-state index contributed by atoms with van der Waals surface area (Å²) in [4.78, 5) is 30.7. The SMILES string of the molecule is COc1cc(C(=O)NC[C@](O)(c2cc3c(c(-c4cc(Cl)c(F)c(Cl)c4)n2)OC[C@]3(C)C(N)=O)C2CC2)cc2cn(C(F)F)nc12. The van der Waals surface area contributed by atoms with Crippen molar-refractivity contribution in [3.8, 4) is 22.8 Å². The zero-order valence-corrected chi connectivity index (χ0v) is 25.3. The first-order chi connectivity index (χ1) is 21.3. The number of carbonyl (C=O) groups excluding carboxylic acids is 2. The van der Waals surface area contributed by atoms with E-state index in [1.807, 2.05) is 0 Å². The van der Waals surface area contributed by atoms with Crippen LogP contribution >= 0.6 is 23.2 Å². The van der Waals surface area contributed by atoms with Crippen LogP contribution in [0.2, 0.25) is 10.0 Å². The molecule has 15 heteroatoms. The number of aliphatic hydroxyl groups is 1. The topological polar surface area (TPSA) is 142 Å². The lowest BCUT2D eigenvalue weighted by Crippen LogP contribution is -2.44. The van der Waals surface area contributed by atoms with Gasteiger partial charge in [-0.25, -0.2) is 14.1 Å². The molecule has 6 rings (SSSR count). The lowest BCUT2D eigenvalue weighted by Gasteiger charge is -2.30. The highest BCUT2D eigenvalue weighted by atomic mass is 35.5. The fourth-order valence-corrected chi connectivity index (χ4v) is 6.01. The average Bonchev–Trinajstić information content (AvgIpc) is 3.69. The maximum Gasteiger partial charge on any atom is 0.333 e. The molecule has 45 heavy (non-hydrogen) atoms. The molecular weight excluding hydrogens is 638 g/mol. The lowest BCUT2D eigenvalue weighted by molar-refractivity contribution is -0.123. The number of nitrogens with one attached hydrogen (secondary N) is 1. The van der Waals surface area contributed by atoms with Gasteiger partial charge in [-0.3, -0.25) is 9.59 Å². The highest BCUT2D eigenvalue weighted by Crippen LogP contribution is 2.50. The van der Waals surface area contributed by atoms with E-state index in [1.165, 1.54) is 37.4 Å². The standard InChI is InChI=1S/C30H26Cl2F3N5O5/c1-29(27(36)42)12-45-25-17(29)9-21(38-24(25)13-6-18(31)22(33)19(32)7-13)30(43,16-3-4-16)11-37-26(41)14-5-15-10-40(28(34)35)39-23(15)20(8-14)44-2/h5-10,16,28,43H,3-4,11-12H2,1-2H3,(H2,36,42)(H,37,41)/t29-,30+/m0/s1. The van der Waals surface area contributed by atoms with Gasteiger partial charge in [0.1, 0.15) is 40.3 Å². The van der Waals surface area contributed by atoms with E-state index >= 15 is 0 Å². The molecule has 0 saturated heterocycles. The number of methoxy groups -OCH3 is 1. The Morgan fingerprint density at radius 2 is 1.93 bits per heavy atom. The van der Waals surface area contributed by atoms with Crippen LogP contribution in [0.4, 0.5) is 13.2 Å². The quantitative estimate of drug-likeness (QED) is 0.211. The van der Waals surface area contributed by atoms with Crippen molar-refractivity contribution >= 4 is 45.9 Å². The minimum atomic E-state index is -2.89. The summed E-state index contributed by atoms with van der Waals surface area (Å²) < 4.78 is 52.4. The number of nitrogens with two attached hydrogens (primary N) is 1. The van der Waals surface area contributed by atoms with E-state index in [4.69, 9.17) is 43.4 Å². The molecule has 0 radical (unpaired) electrons. The Labute approximate surface area is 264 Å². The number of halogens is 5. The molecule has 2 atom stereocenters. The van der Waals surface area contributed by atoms with Gasteiger partial charge < -0.3 is 25.6 Å². The first-order valence-corrected chi connectivity index (χ1v) is 14.5. The van der Waals surface area contributed by atoms with Gasteiger partial charge in [-0.15, -0.1) is 0 Å². The van der Waals surface area contributed by atoms with Gasteiger partial charge in [0.2, 0.25) is 5.91 Å². The molecule has 2 aromatic carbocycles. The van der Waals surface area contributed by atoms with Gasteiger partial charge in [-0.05, 0) is 56.0 Å². The minimum Gasteiger partial charge on any atom is -0.494 e. The van der Waals surface area contributed by atoms with Gasteiger partial charge in [0.25, 0.3) is 5.91 Å². The molecule has 0 bridgehead atoms. The van der Waals surface area contributed by atoms with Gasteiger partial charge in [0.15, 0.2) is 5.82 Å². The van der Waals surface area contributed by atoms with Gasteiger partial charge in [0.05, 0.1) is 29.4 Å². The fraction of sp³-hybridized carbons (Fsp3) is 0.333. The summed E-state index contributed by atoms with van der Waals surface area (Å²) >= 11 is 12.2. The molecule has 1 aliphatic carbocycles. The Bertz CT molecular complexity index is 1860. The molecule has 1 saturated carbocycles. The number of nitrogens with zero attached hydrogens (tertiary/aromatic N) is 3. The lowest BCUT2D eigenvalue weighted by atomic mass is 9.81. The molecule has 3 heterocycles. The summed E-state index contributed by atoms with van der Waals surface area (Å²) in [5, 5.41) is 18.4. The number of aromatic nitrogens is 3. The first kappa shape index (κ1) is 30.9. The Kier molecular flexibility index (Phi) is 7.61. The second-order valence-electron chi connectivity index (χ2n) is 11.4. The van der Waals surface area contributed by atoms with Crippen molar-refractivity contribution in [1.82, 2.24) is 20.1 Å². The van der Waals surface area contributed by atoms with Crippen molar-refractivity contribution in [3.05, 3.63) is 69.2 Å². The monoisotopic (exact) mass is 663 g/mol. The molecule has 0 spiro atoms. The predicted octanol–water partition coefficient (Wildman–Crippen LogP) is 5.11. The maximum atomic E-state index is 14.3. The van der Waals surface area contributed by atoms with Crippen LogP contribution < -0.4 is 20.5 Å². The summed E-state index contributed by atoms with van der Waals surface area (Å²) in [5.41, 5.74) is 3.85. The van der Waals surface area contributed by atoms with E-state index in [1.54, 1.807) is 6.92 Å². The first-order valence-electron chi connectivity index (χ1n) is 13.8. The number of hydrogen-bond donors (Lipinski definition) is 3. The number of carbonyl (C=O) groups is 2. The number of pyridine rings is 1. The van der Waals surface area contributed by atoms with E-state index in [9.17, 15) is 27.9 Å². The number of primary amides is 1. The number of alkyl halides is 2. The van der Waals surface area contributed by atoms with Gasteiger partial charge in [-0.2, -0.15) is 13.9 Å². The minimum absolute atomic E-state index is 0.0826. The van der Waals surface area contributed by atoms with Crippen LogP contribution in [0.25, 0.3) is 22.2 Å². The summed E-state index contributed by atoms with van der Waals surface area (Å²) in [6, 6.07) is 6.88. The molecule has 236 valence electrons. The molecule has 4 aromatic rings. The molecule has 2 aliphatic rings. The molecular formula is C30H26Cl2F3N5O5. The van der Waals surface area contributed by atoms with Crippen molar-refractivity contribution in [2.75, 3.05) is 20.3 Å². The number of rotatable bonds is 9. The van der Waals surface area contributed by atoms with Crippen LogP contribution in [-0.2, 0) is 15.8 Å². The van der Waals surface area contributed by atoms with Crippen LogP contribution in [0.1, 0.15) is 47.9 Å². The van der Waals surface area contributed by atoms with Crippen molar-refractivity contribution in [3.63, 3.8) is 0 Å². The third kappa shape index (κ3) is 5.22. The van der Waals surface area contributed by atoms with E-state index in [2.05, 4.69) is 10.4 Å². The van der Waals surface area contributed by atoms with E-state index < -0.39 is 35.2 Å². The molecule has 10 nitrogen and oxygen atoms in total. The second kappa shape index (κ2) is 11.1. The fourth-order valence-electron chi connectivity index (χ4n) is 5.53. The normalized spacial score (nSPS) is 18.9. The van der Waals surface area contributed by atoms with E-state index in [0.29, 0.717) is 23.1 Å². The Morgan fingerprint density at radius 3 is 2.53 bits per heavy atom. The Balaban J connectivity index is 1.40. The van der Waals surface area contributed by atoms with E-state index in [0.717, 1.165) is 6.20 Å². The van der Waals surface area contributed by atoms with Crippen LogP contribution in [0.3, 0.4) is 0 Å². The molecule has 2 aromatic heterocycles. The third-order valence-electron chi connectivity index (χ3n) is 8.36. The molecule has 1 aliphatic heterocycles. The molecule has 4 N–H and O–H groups in total. The average molecular weight is 664 g/mol. The number of ether oxygens (including phenoxy) is 2. The number of amides is 2. The second-order valence-corrected chi connectivity index (χ2v) is 12.2. The molecule has 2 amide bonds. The van der Waals surface area contributed by atoms with Gasteiger partial charge in [-0.1, -0.05) is 23.2 Å². The van der Waals surface area contributed by atoms with Crippen LogP contribution in [0.5, 0.6) is 11.5 Å². The highest BCUT2D eigenvalue weighted by Gasteiger charge is 2.50.